The van der Waals surface area contributed by atoms with Crippen LogP contribution in [0.3, 0.4) is 0 Å². The zero-order chi connectivity index (χ0) is 20.1. The maximum atomic E-state index is 13.7. The fraction of sp³-hybridized carbons (Fsp3) is 0.0357. The SMILES string of the molecule is O=C1C=Cc2ccccc2C12C=C(c1ccccc1)Oc1ccc3ccccc3c12. The summed E-state index contributed by atoms with van der Waals surface area (Å²) in [5.74, 6) is 1.49. The molecule has 1 aliphatic heterocycles. The van der Waals surface area contributed by atoms with E-state index in [-0.39, 0.29) is 5.78 Å². The monoisotopic (exact) mass is 386 g/mol. The van der Waals surface area contributed by atoms with Crippen LogP contribution in [0, 0.1) is 0 Å². The average molecular weight is 386 g/mol. The molecule has 6 rings (SSSR count). The summed E-state index contributed by atoms with van der Waals surface area (Å²) < 4.78 is 6.40. The van der Waals surface area contributed by atoms with Crippen LogP contribution in [0.1, 0.15) is 22.3 Å². The summed E-state index contributed by atoms with van der Waals surface area (Å²) in [4.78, 5) is 13.7. The summed E-state index contributed by atoms with van der Waals surface area (Å²) >= 11 is 0. The number of hydrogen-bond donors (Lipinski definition) is 0. The predicted octanol–water partition coefficient (Wildman–Crippen LogP) is 6.16. The Labute approximate surface area is 174 Å². The minimum Gasteiger partial charge on any atom is -0.457 e. The molecule has 0 saturated carbocycles. The molecule has 0 bridgehead atoms. The van der Waals surface area contributed by atoms with Crippen molar-refractivity contribution in [3.05, 3.63) is 125 Å². The Morgan fingerprint density at radius 3 is 2.37 bits per heavy atom. The van der Waals surface area contributed by atoms with E-state index < -0.39 is 5.41 Å². The van der Waals surface area contributed by atoms with Gasteiger partial charge >= 0.3 is 0 Å². The number of ketones is 1. The summed E-state index contributed by atoms with van der Waals surface area (Å²) in [6.07, 6.45) is 5.64. The summed E-state index contributed by atoms with van der Waals surface area (Å²) in [5.41, 5.74) is 3.00. The lowest BCUT2D eigenvalue weighted by Gasteiger charge is -2.38. The van der Waals surface area contributed by atoms with Crippen LogP contribution in [0.5, 0.6) is 5.75 Å². The van der Waals surface area contributed by atoms with Gasteiger partial charge in [0.15, 0.2) is 5.78 Å². The molecule has 1 aliphatic carbocycles. The normalized spacial score (nSPS) is 19.2. The van der Waals surface area contributed by atoms with Crippen LogP contribution in [0.15, 0.2) is 103 Å². The van der Waals surface area contributed by atoms with Gasteiger partial charge in [0, 0.05) is 11.1 Å². The van der Waals surface area contributed by atoms with Gasteiger partial charge in [-0.3, -0.25) is 4.79 Å². The van der Waals surface area contributed by atoms with Gasteiger partial charge in [-0.05, 0) is 40.1 Å². The number of hydrogen-bond acceptors (Lipinski definition) is 2. The Balaban J connectivity index is 1.76. The standard InChI is InChI=1S/C28H18O2/c29-26-17-15-20-9-5-7-13-23(20)28(26)18-25(21-10-2-1-3-11-21)30-24-16-14-19-8-4-6-12-22(19)27(24)28/h1-18H. The van der Waals surface area contributed by atoms with Gasteiger partial charge in [-0.25, -0.2) is 0 Å². The van der Waals surface area contributed by atoms with Crippen LogP contribution in [0.4, 0.5) is 0 Å². The van der Waals surface area contributed by atoms with Crippen molar-refractivity contribution in [2.45, 2.75) is 5.41 Å². The summed E-state index contributed by atoms with van der Waals surface area (Å²) in [6.45, 7) is 0. The lowest BCUT2D eigenvalue weighted by molar-refractivity contribution is -0.117. The first-order valence-corrected chi connectivity index (χ1v) is 10.1. The molecule has 0 radical (unpaired) electrons. The molecule has 142 valence electrons. The van der Waals surface area contributed by atoms with E-state index in [1.54, 1.807) is 6.08 Å². The first-order valence-electron chi connectivity index (χ1n) is 10.1. The van der Waals surface area contributed by atoms with E-state index in [1.165, 1.54) is 0 Å². The second kappa shape index (κ2) is 6.30. The molecular formula is C28H18O2. The molecular weight excluding hydrogens is 368 g/mol. The second-order valence-corrected chi connectivity index (χ2v) is 7.73. The lowest BCUT2D eigenvalue weighted by atomic mass is 9.64. The van der Waals surface area contributed by atoms with Gasteiger partial charge in [0.25, 0.3) is 0 Å². The number of allylic oxidation sites excluding steroid dienone is 2. The largest absolute Gasteiger partial charge is 0.457 e. The van der Waals surface area contributed by atoms with E-state index >= 15 is 0 Å². The molecule has 0 aromatic heterocycles. The van der Waals surface area contributed by atoms with Crippen molar-refractivity contribution >= 4 is 28.4 Å². The Hall–Kier alpha value is -3.91. The van der Waals surface area contributed by atoms with Crippen molar-refractivity contribution in [1.82, 2.24) is 0 Å². The molecule has 2 aliphatic rings. The second-order valence-electron chi connectivity index (χ2n) is 7.73. The quantitative estimate of drug-likeness (QED) is 0.392. The maximum absolute atomic E-state index is 13.7. The fourth-order valence-electron chi connectivity index (χ4n) is 4.74. The van der Waals surface area contributed by atoms with Gasteiger partial charge in [-0.15, -0.1) is 0 Å². The minimum atomic E-state index is -0.926. The number of benzene rings is 4. The highest BCUT2D eigenvalue weighted by Crippen LogP contribution is 2.51. The molecule has 0 amide bonds. The Morgan fingerprint density at radius 2 is 1.47 bits per heavy atom. The predicted molar refractivity (Wildman–Crippen MR) is 120 cm³/mol. The smallest absolute Gasteiger partial charge is 0.174 e. The molecule has 0 fully saturated rings. The Morgan fingerprint density at radius 1 is 0.700 bits per heavy atom. The zero-order valence-electron chi connectivity index (χ0n) is 16.2. The highest BCUT2D eigenvalue weighted by molar-refractivity contribution is 6.13. The van der Waals surface area contributed by atoms with Gasteiger partial charge in [0.1, 0.15) is 16.9 Å². The first-order chi connectivity index (χ1) is 14.8. The molecule has 1 heterocycles. The minimum absolute atomic E-state index is 0.0514. The molecule has 1 spiro atoms. The summed E-state index contributed by atoms with van der Waals surface area (Å²) in [6, 6.07) is 30.4. The zero-order valence-corrected chi connectivity index (χ0v) is 16.2. The summed E-state index contributed by atoms with van der Waals surface area (Å²) in [7, 11) is 0. The number of ether oxygens (including phenoxy) is 1. The van der Waals surface area contributed by atoms with Crippen LogP contribution < -0.4 is 4.74 Å². The molecule has 2 heteroatoms. The van der Waals surface area contributed by atoms with Gasteiger partial charge in [-0.1, -0.05) is 91.0 Å². The number of rotatable bonds is 1. The Bertz CT molecular complexity index is 1380. The molecule has 2 nitrogen and oxygen atoms in total. The van der Waals surface area contributed by atoms with Gasteiger partial charge < -0.3 is 4.74 Å². The molecule has 4 aromatic carbocycles. The van der Waals surface area contributed by atoms with Crippen molar-refractivity contribution < 1.29 is 9.53 Å². The highest BCUT2D eigenvalue weighted by Gasteiger charge is 2.47. The van der Waals surface area contributed by atoms with Crippen molar-refractivity contribution in [2.75, 3.05) is 0 Å². The van der Waals surface area contributed by atoms with Crippen molar-refractivity contribution in [1.29, 1.82) is 0 Å². The summed E-state index contributed by atoms with van der Waals surface area (Å²) in [5, 5.41) is 2.13. The number of carbonyl (C=O) groups is 1. The fourth-order valence-corrected chi connectivity index (χ4v) is 4.74. The third kappa shape index (κ3) is 2.28. The molecule has 1 atom stereocenters. The van der Waals surface area contributed by atoms with Crippen molar-refractivity contribution in [3.63, 3.8) is 0 Å². The molecule has 0 N–H and O–H groups in total. The van der Waals surface area contributed by atoms with Crippen LogP contribution in [-0.2, 0) is 10.2 Å². The topological polar surface area (TPSA) is 26.3 Å². The lowest BCUT2D eigenvalue weighted by Crippen LogP contribution is -2.39. The first kappa shape index (κ1) is 17.0. The third-order valence-electron chi connectivity index (χ3n) is 6.10. The van der Waals surface area contributed by atoms with E-state index in [1.807, 2.05) is 72.8 Å². The molecule has 30 heavy (non-hydrogen) atoms. The van der Waals surface area contributed by atoms with Gasteiger partial charge in [-0.2, -0.15) is 0 Å². The maximum Gasteiger partial charge on any atom is 0.174 e. The number of carbonyl (C=O) groups excluding carboxylic acids is 1. The van der Waals surface area contributed by atoms with Crippen molar-refractivity contribution in [2.24, 2.45) is 0 Å². The molecule has 0 saturated heterocycles. The van der Waals surface area contributed by atoms with E-state index in [2.05, 4.69) is 30.3 Å². The van der Waals surface area contributed by atoms with Crippen LogP contribution in [0.25, 0.3) is 22.6 Å². The van der Waals surface area contributed by atoms with Crippen LogP contribution >= 0.6 is 0 Å². The van der Waals surface area contributed by atoms with E-state index in [9.17, 15) is 4.79 Å². The van der Waals surface area contributed by atoms with Crippen molar-refractivity contribution in [3.8, 4) is 5.75 Å². The van der Waals surface area contributed by atoms with Crippen LogP contribution in [0.2, 0.25) is 0 Å². The van der Waals surface area contributed by atoms with E-state index in [0.717, 1.165) is 38.8 Å². The Kier molecular flexibility index (Phi) is 3.57. The number of fused-ring (bicyclic) bond motifs is 6. The van der Waals surface area contributed by atoms with Crippen LogP contribution in [-0.4, -0.2) is 5.78 Å². The van der Waals surface area contributed by atoms with E-state index in [4.69, 9.17) is 4.74 Å². The van der Waals surface area contributed by atoms with Gasteiger partial charge in [0.2, 0.25) is 0 Å². The third-order valence-corrected chi connectivity index (χ3v) is 6.10. The average Bonchev–Trinajstić information content (AvgIpc) is 2.82. The molecule has 4 aromatic rings. The molecule has 1 unspecified atom stereocenters. The highest BCUT2D eigenvalue weighted by atomic mass is 16.5. The van der Waals surface area contributed by atoms with E-state index in [0.29, 0.717) is 5.76 Å². The van der Waals surface area contributed by atoms with Gasteiger partial charge in [0.05, 0.1) is 0 Å².